The summed E-state index contributed by atoms with van der Waals surface area (Å²) in [6.07, 6.45) is 2.54. The Kier molecular flexibility index (Phi) is 20.6. The number of carbonyl (C=O) groups excluding carboxylic acids is 6. The van der Waals surface area contributed by atoms with Crippen molar-refractivity contribution in [3.63, 3.8) is 0 Å². The fourth-order valence-corrected chi connectivity index (χ4v) is 5.60. The first kappa shape index (κ1) is 39.6. The molecule has 0 spiro atoms. The molecule has 236 valence electrons. The van der Waals surface area contributed by atoms with Crippen LogP contribution in [0, 0.1) is 23.7 Å². The molecule has 0 saturated carbocycles. The van der Waals surface area contributed by atoms with Crippen molar-refractivity contribution in [3.05, 3.63) is 0 Å². The molecular weight excluding hydrogens is 583 g/mol. The van der Waals surface area contributed by atoms with Gasteiger partial charge in [0.1, 0.15) is 5.78 Å². The molecule has 0 heterocycles. The number of thioether (sulfide) groups is 1. The van der Waals surface area contributed by atoms with Crippen molar-refractivity contribution in [3.8, 4) is 0 Å². The standard InChI is InChI=1S/C29H51N3O6S3/c1-17(2)27(36)21(9-12-24(33)20(7)15-41-16-39)30-25(34)13-10-22(28(37)18(3)4)31-26(35)14-11-23(32-40-8)29(38)19(5)6/h17-23,32,39H,9-16H2,1-8H3,(H,30,34)(H,31,35). The van der Waals surface area contributed by atoms with E-state index >= 15 is 0 Å². The molecule has 4 atom stereocenters. The maximum absolute atomic E-state index is 12.9. The van der Waals surface area contributed by atoms with Crippen molar-refractivity contribution < 1.29 is 28.8 Å². The zero-order valence-corrected chi connectivity index (χ0v) is 28.4. The highest BCUT2D eigenvalue weighted by molar-refractivity contribution is 8.09. The molecule has 0 aliphatic carbocycles. The van der Waals surface area contributed by atoms with E-state index in [2.05, 4.69) is 28.0 Å². The summed E-state index contributed by atoms with van der Waals surface area (Å²) in [5, 5.41) is 6.13. The van der Waals surface area contributed by atoms with Crippen molar-refractivity contribution in [2.75, 3.05) is 17.1 Å². The molecule has 3 N–H and O–H groups in total. The molecule has 0 aliphatic heterocycles. The predicted molar refractivity (Wildman–Crippen MR) is 172 cm³/mol. The van der Waals surface area contributed by atoms with Gasteiger partial charge in [-0.2, -0.15) is 24.4 Å². The van der Waals surface area contributed by atoms with E-state index in [0.29, 0.717) is 10.8 Å². The van der Waals surface area contributed by atoms with Gasteiger partial charge >= 0.3 is 0 Å². The summed E-state index contributed by atoms with van der Waals surface area (Å²) >= 11 is 7.02. The summed E-state index contributed by atoms with van der Waals surface area (Å²) in [4.78, 5) is 76.2. The SMILES string of the molecule is CSNC(CCC(=O)NC(CCC(=O)NC(CCC(=O)C(C)CSCS)C(=O)C(C)C)C(=O)C(C)C)C(=O)C(C)C. The second kappa shape index (κ2) is 21.3. The first-order valence-electron chi connectivity index (χ1n) is 14.4. The fourth-order valence-electron chi connectivity index (χ4n) is 4.12. The van der Waals surface area contributed by atoms with Crippen molar-refractivity contribution in [2.45, 2.75) is 105 Å². The summed E-state index contributed by atoms with van der Waals surface area (Å²) in [5.74, 6) is -1.48. The summed E-state index contributed by atoms with van der Waals surface area (Å²) in [5.41, 5.74) is 0. The van der Waals surface area contributed by atoms with E-state index in [1.807, 2.05) is 27.0 Å². The van der Waals surface area contributed by atoms with Crippen LogP contribution >= 0.6 is 36.3 Å². The molecule has 0 radical (unpaired) electrons. The molecule has 9 nitrogen and oxygen atoms in total. The van der Waals surface area contributed by atoms with Gasteiger partial charge in [0.25, 0.3) is 0 Å². The van der Waals surface area contributed by atoms with Gasteiger partial charge in [0.15, 0.2) is 17.3 Å². The van der Waals surface area contributed by atoms with Gasteiger partial charge in [-0.05, 0) is 25.5 Å². The molecular formula is C29H51N3O6S3. The lowest BCUT2D eigenvalue weighted by molar-refractivity contribution is -0.132. The van der Waals surface area contributed by atoms with Crippen LogP contribution in [0.1, 0.15) is 87.0 Å². The lowest BCUT2D eigenvalue weighted by Crippen LogP contribution is -2.46. The maximum Gasteiger partial charge on any atom is 0.220 e. The molecule has 2 amide bonds. The second-order valence-electron chi connectivity index (χ2n) is 11.3. The molecule has 0 saturated heterocycles. The molecule has 0 aromatic rings. The Balaban J connectivity index is 5.26. The number of rotatable bonds is 23. The molecule has 0 rings (SSSR count). The number of hydrogen-bond donors (Lipinski definition) is 4. The van der Waals surface area contributed by atoms with Crippen LogP contribution in [0.15, 0.2) is 0 Å². The Hall–Kier alpha value is -1.37. The third kappa shape index (κ3) is 16.2. The Morgan fingerprint density at radius 2 is 1.02 bits per heavy atom. The Morgan fingerprint density at radius 1 is 0.634 bits per heavy atom. The molecule has 0 aromatic carbocycles. The van der Waals surface area contributed by atoms with Gasteiger partial charge in [-0.1, -0.05) is 60.4 Å². The summed E-state index contributed by atoms with van der Waals surface area (Å²) < 4.78 is 3.04. The zero-order valence-electron chi connectivity index (χ0n) is 25.9. The van der Waals surface area contributed by atoms with Gasteiger partial charge in [-0.3, -0.25) is 33.5 Å². The van der Waals surface area contributed by atoms with Crippen LogP contribution in [0.2, 0.25) is 0 Å². The topological polar surface area (TPSA) is 139 Å². The van der Waals surface area contributed by atoms with Crippen LogP contribution in [0.4, 0.5) is 0 Å². The molecule has 0 bridgehead atoms. The normalized spacial score (nSPS) is 14.4. The first-order valence-corrected chi connectivity index (χ1v) is 17.4. The second-order valence-corrected chi connectivity index (χ2v) is 13.7. The minimum atomic E-state index is -0.869. The van der Waals surface area contributed by atoms with Crippen LogP contribution < -0.4 is 15.4 Å². The van der Waals surface area contributed by atoms with Gasteiger partial charge < -0.3 is 10.6 Å². The van der Waals surface area contributed by atoms with Crippen LogP contribution in [-0.2, 0) is 28.8 Å². The largest absolute Gasteiger partial charge is 0.346 e. The van der Waals surface area contributed by atoms with E-state index < -0.39 is 24.0 Å². The zero-order chi connectivity index (χ0) is 31.7. The Labute approximate surface area is 260 Å². The van der Waals surface area contributed by atoms with Crippen molar-refractivity contribution in [1.82, 2.24) is 15.4 Å². The lowest BCUT2D eigenvalue weighted by atomic mass is 9.94. The Bertz CT molecular complexity index is 882. The minimum absolute atomic E-state index is 0.0110. The summed E-state index contributed by atoms with van der Waals surface area (Å²) in [6, 6.07) is -2.15. The van der Waals surface area contributed by atoms with E-state index in [0.717, 1.165) is 0 Å². The Morgan fingerprint density at radius 3 is 1.41 bits per heavy atom. The number of Topliss-reactive ketones (excluding diaryl/α,β-unsaturated/α-hetero) is 4. The molecule has 0 aliphatic rings. The third-order valence-electron chi connectivity index (χ3n) is 6.68. The van der Waals surface area contributed by atoms with Gasteiger partial charge in [0, 0.05) is 53.8 Å². The molecule has 0 fully saturated rings. The molecule has 0 aromatic heterocycles. The molecule has 4 unspecified atom stereocenters. The van der Waals surface area contributed by atoms with E-state index in [4.69, 9.17) is 0 Å². The van der Waals surface area contributed by atoms with E-state index in [-0.39, 0.29) is 91.2 Å². The third-order valence-corrected chi connectivity index (χ3v) is 8.66. The van der Waals surface area contributed by atoms with Crippen molar-refractivity contribution in [1.29, 1.82) is 0 Å². The van der Waals surface area contributed by atoms with Crippen molar-refractivity contribution >= 4 is 71.3 Å². The molecule has 12 heteroatoms. The quantitative estimate of drug-likeness (QED) is 0.0746. The van der Waals surface area contributed by atoms with E-state index in [1.165, 1.54) is 11.9 Å². The number of ketones is 4. The van der Waals surface area contributed by atoms with Crippen LogP contribution in [0.3, 0.4) is 0 Å². The van der Waals surface area contributed by atoms with Crippen LogP contribution in [-0.4, -0.2) is 70.2 Å². The van der Waals surface area contributed by atoms with Gasteiger partial charge in [-0.15, -0.1) is 0 Å². The minimum Gasteiger partial charge on any atom is -0.346 e. The molecule has 41 heavy (non-hydrogen) atoms. The summed E-state index contributed by atoms with van der Waals surface area (Å²) in [7, 11) is 0. The van der Waals surface area contributed by atoms with Crippen LogP contribution in [0.25, 0.3) is 0 Å². The smallest absolute Gasteiger partial charge is 0.220 e. The lowest BCUT2D eigenvalue weighted by Gasteiger charge is -2.23. The summed E-state index contributed by atoms with van der Waals surface area (Å²) in [6.45, 7) is 12.4. The average Bonchev–Trinajstić information content (AvgIpc) is 2.92. The predicted octanol–water partition coefficient (Wildman–Crippen LogP) is 4.03. The van der Waals surface area contributed by atoms with Gasteiger partial charge in [0.05, 0.1) is 18.1 Å². The number of hydrogen-bond acceptors (Lipinski definition) is 10. The number of amides is 2. The number of nitrogens with one attached hydrogen (secondary N) is 3. The fraction of sp³-hybridized carbons (Fsp3) is 0.793. The first-order chi connectivity index (χ1) is 19.2. The van der Waals surface area contributed by atoms with Crippen LogP contribution in [0.5, 0.6) is 0 Å². The number of thiol groups is 1. The highest BCUT2D eigenvalue weighted by atomic mass is 32.2. The number of carbonyl (C=O) groups is 6. The average molecular weight is 634 g/mol. The van der Waals surface area contributed by atoms with Crippen molar-refractivity contribution in [2.24, 2.45) is 23.7 Å². The highest BCUT2D eigenvalue weighted by Crippen LogP contribution is 2.16. The van der Waals surface area contributed by atoms with Gasteiger partial charge in [0.2, 0.25) is 11.8 Å². The van der Waals surface area contributed by atoms with E-state index in [9.17, 15) is 28.8 Å². The monoisotopic (exact) mass is 633 g/mol. The van der Waals surface area contributed by atoms with E-state index in [1.54, 1.807) is 39.5 Å². The van der Waals surface area contributed by atoms with Gasteiger partial charge in [-0.25, -0.2) is 0 Å². The highest BCUT2D eigenvalue weighted by Gasteiger charge is 2.28. The maximum atomic E-state index is 12.9.